The van der Waals surface area contributed by atoms with Gasteiger partial charge in [0.1, 0.15) is 6.20 Å². The average molecular weight is 351 g/mol. The maximum absolute atomic E-state index is 11.5. The molecule has 0 aromatic heterocycles. The van der Waals surface area contributed by atoms with E-state index in [2.05, 4.69) is 56.0 Å². The summed E-state index contributed by atoms with van der Waals surface area (Å²) in [5.74, 6) is 0.0481. The van der Waals surface area contributed by atoms with Crippen molar-refractivity contribution >= 4 is 5.91 Å². The molecule has 25 heavy (non-hydrogen) atoms. The number of carbonyl (C=O) groups excluding carboxylic acids is 1. The molecule has 1 aliphatic rings. The van der Waals surface area contributed by atoms with Crippen LogP contribution in [-0.2, 0) is 4.79 Å². The number of carbonyl (C=O) groups is 1. The summed E-state index contributed by atoms with van der Waals surface area (Å²) in [6.45, 7) is 9.00. The summed E-state index contributed by atoms with van der Waals surface area (Å²) in [6.07, 6.45) is 20.9. The number of rotatable bonds is 13. The molecule has 1 amide bonds. The van der Waals surface area contributed by atoms with Gasteiger partial charge in [-0.15, -0.1) is 0 Å². The van der Waals surface area contributed by atoms with Gasteiger partial charge in [0.05, 0.1) is 12.7 Å². The molecule has 0 saturated carbocycles. The lowest BCUT2D eigenvalue weighted by Crippen LogP contribution is -2.62. The summed E-state index contributed by atoms with van der Waals surface area (Å²) in [4.78, 5) is 11.5. The van der Waals surface area contributed by atoms with Crippen molar-refractivity contribution < 1.29 is 9.28 Å². The third kappa shape index (κ3) is 7.23. The zero-order valence-corrected chi connectivity index (χ0v) is 16.9. The fourth-order valence-corrected chi connectivity index (χ4v) is 3.92. The Labute approximate surface area is 155 Å². The Hall–Kier alpha value is -1.29. The van der Waals surface area contributed by atoms with E-state index in [4.69, 9.17) is 0 Å². The molecule has 0 fully saturated rings. The minimum absolute atomic E-state index is 0.0481. The molecule has 0 aromatic carbocycles. The average Bonchev–Trinajstić information content (AvgIpc) is 3.00. The second-order valence-corrected chi connectivity index (χ2v) is 7.31. The predicted molar refractivity (Wildman–Crippen MR) is 107 cm³/mol. The number of quaternary nitrogens is 1. The van der Waals surface area contributed by atoms with Crippen molar-refractivity contribution in [2.45, 2.75) is 97.8 Å². The molecule has 1 heterocycles. The second-order valence-electron chi connectivity index (χ2n) is 7.31. The van der Waals surface area contributed by atoms with Gasteiger partial charge in [0.15, 0.2) is 12.3 Å². The molecule has 0 aliphatic carbocycles. The van der Waals surface area contributed by atoms with E-state index in [1.807, 2.05) is 0 Å². The van der Waals surface area contributed by atoms with Gasteiger partial charge in [-0.3, -0.25) is 9.28 Å². The number of unbranched alkanes of at least 4 members (excludes halogenated alkanes) is 7. The van der Waals surface area contributed by atoms with Gasteiger partial charge in [-0.25, -0.2) is 0 Å². The van der Waals surface area contributed by atoms with Gasteiger partial charge in [0.25, 0.3) is 0 Å². The fraction of sp³-hybridized carbons (Fsp3) is 0.762. The van der Waals surface area contributed by atoms with Gasteiger partial charge in [0.2, 0.25) is 5.91 Å². The Morgan fingerprint density at radius 2 is 1.84 bits per heavy atom. The summed E-state index contributed by atoms with van der Waals surface area (Å²) in [5.41, 5.74) is 0. The Kier molecular flexibility index (Phi) is 10.6. The van der Waals surface area contributed by atoms with Gasteiger partial charge < -0.3 is 10.6 Å². The van der Waals surface area contributed by atoms with Gasteiger partial charge >= 0.3 is 0 Å². The summed E-state index contributed by atoms with van der Waals surface area (Å²) in [7, 11) is 0. The molecule has 2 N–H and O–H groups in total. The smallest absolute Gasteiger partial charge is 0.221 e. The standard InChI is InChI=1S/C21H39N3O/c1-5-7-8-9-10-11-12-13-14-15-16-21-22-17-18-24(21,6-2)19(3)23-20(4)25/h5,7,17-19,21-22H,6,8-16H2,1-4H3/p+1/b7-5+. The Morgan fingerprint density at radius 1 is 1.20 bits per heavy atom. The first kappa shape index (κ1) is 21.8. The van der Waals surface area contributed by atoms with Crippen LogP contribution in [0.15, 0.2) is 24.6 Å². The maximum Gasteiger partial charge on any atom is 0.221 e. The molecule has 0 aromatic rings. The van der Waals surface area contributed by atoms with Crippen LogP contribution in [0.1, 0.15) is 85.5 Å². The summed E-state index contributed by atoms with van der Waals surface area (Å²) in [6, 6.07) is 0. The lowest BCUT2D eigenvalue weighted by atomic mass is 10.1. The number of amides is 1. The van der Waals surface area contributed by atoms with Crippen molar-refractivity contribution in [3.8, 4) is 0 Å². The Balaban J connectivity index is 2.24. The topological polar surface area (TPSA) is 41.1 Å². The molecule has 0 bridgehead atoms. The van der Waals surface area contributed by atoms with Crippen molar-refractivity contribution in [2.24, 2.45) is 0 Å². The Bertz CT molecular complexity index is 433. The zero-order chi connectivity index (χ0) is 18.5. The van der Waals surface area contributed by atoms with Crippen LogP contribution in [0, 0.1) is 0 Å². The monoisotopic (exact) mass is 350 g/mol. The number of allylic oxidation sites excluding steroid dienone is 2. The number of hydrogen-bond acceptors (Lipinski definition) is 2. The van der Waals surface area contributed by atoms with E-state index in [0.29, 0.717) is 6.17 Å². The molecule has 0 spiro atoms. The highest BCUT2D eigenvalue weighted by Gasteiger charge is 2.41. The first-order chi connectivity index (χ1) is 12.1. The van der Waals surface area contributed by atoms with Crippen LogP contribution in [0.5, 0.6) is 0 Å². The van der Waals surface area contributed by atoms with Crippen LogP contribution in [-0.4, -0.2) is 29.3 Å². The van der Waals surface area contributed by atoms with E-state index in [0.717, 1.165) is 17.4 Å². The van der Waals surface area contributed by atoms with Crippen LogP contribution in [0.2, 0.25) is 0 Å². The van der Waals surface area contributed by atoms with Crippen molar-refractivity contribution in [3.63, 3.8) is 0 Å². The molecule has 3 atom stereocenters. The predicted octanol–water partition coefficient (Wildman–Crippen LogP) is 4.79. The highest BCUT2D eigenvalue weighted by molar-refractivity contribution is 5.72. The molecule has 0 saturated heterocycles. The SMILES string of the molecule is C/C=C/CCCCCCCCCC1NC=C[N+]1(CC)C(C)NC(C)=O. The third-order valence-corrected chi connectivity index (χ3v) is 5.49. The summed E-state index contributed by atoms with van der Waals surface area (Å²) in [5, 5.41) is 6.60. The number of hydrogen-bond donors (Lipinski definition) is 2. The maximum atomic E-state index is 11.5. The first-order valence-electron chi connectivity index (χ1n) is 10.3. The number of nitrogens with zero attached hydrogens (tertiary/aromatic N) is 1. The largest absolute Gasteiger partial charge is 0.338 e. The third-order valence-electron chi connectivity index (χ3n) is 5.49. The molecule has 3 unspecified atom stereocenters. The van der Waals surface area contributed by atoms with Crippen molar-refractivity contribution in [1.29, 1.82) is 0 Å². The molecular weight excluding hydrogens is 310 g/mol. The molecule has 4 nitrogen and oxygen atoms in total. The van der Waals surface area contributed by atoms with Gasteiger partial charge in [-0.1, -0.05) is 44.3 Å². The van der Waals surface area contributed by atoms with Gasteiger partial charge in [-0.2, -0.15) is 0 Å². The Morgan fingerprint density at radius 3 is 2.44 bits per heavy atom. The van der Waals surface area contributed by atoms with Crippen molar-refractivity contribution in [1.82, 2.24) is 10.6 Å². The van der Waals surface area contributed by atoms with E-state index in [1.54, 1.807) is 6.92 Å². The van der Waals surface area contributed by atoms with Crippen LogP contribution < -0.4 is 10.6 Å². The molecule has 1 aliphatic heterocycles. The summed E-state index contributed by atoms with van der Waals surface area (Å²) < 4.78 is 0.810. The quantitative estimate of drug-likeness (QED) is 0.285. The highest BCUT2D eigenvalue weighted by Crippen LogP contribution is 2.26. The summed E-state index contributed by atoms with van der Waals surface area (Å²) >= 11 is 0. The molecular formula is C21H40N3O+. The normalized spacial score (nSPS) is 23.8. The van der Waals surface area contributed by atoms with Crippen LogP contribution in [0.4, 0.5) is 0 Å². The van der Waals surface area contributed by atoms with E-state index < -0.39 is 0 Å². The van der Waals surface area contributed by atoms with Gasteiger partial charge in [0, 0.05) is 20.3 Å². The van der Waals surface area contributed by atoms with Gasteiger partial charge in [-0.05, 0) is 33.1 Å². The molecule has 1 rings (SSSR count). The van der Waals surface area contributed by atoms with Crippen molar-refractivity contribution in [2.75, 3.05) is 6.54 Å². The minimum Gasteiger partial charge on any atom is -0.338 e. The number of nitrogens with one attached hydrogen (secondary N) is 2. The minimum atomic E-state index is 0.0481. The van der Waals surface area contributed by atoms with Crippen LogP contribution in [0.3, 0.4) is 0 Å². The molecule has 0 radical (unpaired) electrons. The van der Waals surface area contributed by atoms with E-state index in [1.165, 1.54) is 51.4 Å². The van der Waals surface area contributed by atoms with E-state index in [9.17, 15) is 4.79 Å². The van der Waals surface area contributed by atoms with Crippen molar-refractivity contribution in [3.05, 3.63) is 24.6 Å². The lowest BCUT2D eigenvalue weighted by Gasteiger charge is -2.41. The fourth-order valence-electron chi connectivity index (χ4n) is 3.92. The first-order valence-corrected chi connectivity index (χ1v) is 10.3. The second kappa shape index (κ2) is 12.1. The molecule has 144 valence electrons. The zero-order valence-electron chi connectivity index (χ0n) is 16.9. The van der Waals surface area contributed by atoms with E-state index >= 15 is 0 Å². The van der Waals surface area contributed by atoms with Crippen LogP contribution >= 0.6 is 0 Å². The lowest BCUT2D eigenvalue weighted by molar-refractivity contribution is -0.923. The van der Waals surface area contributed by atoms with Crippen LogP contribution in [0.25, 0.3) is 0 Å². The molecule has 4 heteroatoms. The highest BCUT2D eigenvalue weighted by atomic mass is 16.1. The van der Waals surface area contributed by atoms with E-state index in [-0.39, 0.29) is 12.1 Å².